The summed E-state index contributed by atoms with van der Waals surface area (Å²) in [6, 6.07) is 9.50. The Kier molecular flexibility index (Phi) is 1.41. The number of hydrogen-bond acceptors (Lipinski definition) is 2. The second-order valence-electron chi connectivity index (χ2n) is 3.82. The third-order valence-electron chi connectivity index (χ3n) is 2.93. The molecule has 0 saturated carbocycles. The van der Waals surface area contributed by atoms with Crippen LogP contribution in [0.25, 0.3) is 21.5 Å². The highest BCUT2D eigenvalue weighted by Crippen LogP contribution is 2.24. The SMILES string of the molecule is Cc1cccc2ccc3c(=O)c(=O)c3c12. The summed E-state index contributed by atoms with van der Waals surface area (Å²) < 4.78 is 0. The maximum atomic E-state index is 11.5. The van der Waals surface area contributed by atoms with Crippen molar-refractivity contribution in [2.24, 2.45) is 0 Å². The molecule has 3 rings (SSSR count). The van der Waals surface area contributed by atoms with Crippen molar-refractivity contribution >= 4 is 21.5 Å². The first-order valence-electron chi connectivity index (χ1n) is 4.81. The lowest BCUT2D eigenvalue weighted by molar-refractivity contribution is 1.51. The van der Waals surface area contributed by atoms with E-state index in [4.69, 9.17) is 0 Å². The number of fused-ring (bicyclic) bond motifs is 3. The molecule has 0 bridgehead atoms. The Morgan fingerprint density at radius 2 is 1.67 bits per heavy atom. The molecule has 0 aliphatic carbocycles. The topological polar surface area (TPSA) is 34.1 Å². The zero-order chi connectivity index (χ0) is 10.6. The first-order valence-corrected chi connectivity index (χ1v) is 4.81. The maximum absolute atomic E-state index is 11.5. The number of hydrogen-bond donors (Lipinski definition) is 0. The molecule has 0 fully saturated rings. The molecule has 0 aliphatic heterocycles. The summed E-state index contributed by atoms with van der Waals surface area (Å²) in [7, 11) is 0. The molecule has 0 radical (unpaired) electrons. The highest BCUT2D eigenvalue weighted by atomic mass is 16.2. The minimum absolute atomic E-state index is 0.343. The van der Waals surface area contributed by atoms with E-state index in [-0.39, 0.29) is 10.9 Å². The molecule has 0 spiro atoms. The lowest BCUT2D eigenvalue weighted by Gasteiger charge is -2.06. The Morgan fingerprint density at radius 3 is 2.47 bits per heavy atom. The van der Waals surface area contributed by atoms with Gasteiger partial charge in [-0.2, -0.15) is 0 Å². The van der Waals surface area contributed by atoms with Crippen LogP contribution < -0.4 is 10.9 Å². The number of rotatable bonds is 0. The van der Waals surface area contributed by atoms with Crippen LogP contribution in [-0.2, 0) is 0 Å². The molecule has 0 aliphatic rings. The maximum Gasteiger partial charge on any atom is 0.234 e. The fourth-order valence-corrected chi connectivity index (χ4v) is 2.16. The van der Waals surface area contributed by atoms with Crippen molar-refractivity contribution in [1.29, 1.82) is 0 Å². The van der Waals surface area contributed by atoms with Crippen molar-refractivity contribution in [1.82, 2.24) is 0 Å². The highest BCUT2D eigenvalue weighted by Gasteiger charge is 2.15. The second-order valence-corrected chi connectivity index (χ2v) is 3.82. The van der Waals surface area contributed by atoms with Crippen molar-refractivity contribution in [2.45, 2.75) is 6.92 Å². The highest BCUT2D eigenvalue weighted by molar-refractivity contribution is 6.11. The number of aryl methyl sites for hydroxylation is 1. The zero-order valence-electron chi connectivity index (χ0n) is 8.20. The molecular formula is C13H8O2. The van der Waals surface area contributed by atoms with Crippen LogP contribution in [-0.4, -0.2) is 0 Å². The van der Waals surface area contributed by atoms with Crippen molar-refractivity contribution in [3.05, 3.63) is 56.3 Å². The van der Waals surface area contributed by atoms with Crippen molar-refractivity contribution in [3.63, 3.8) is 0 Å². The zero-order valence-corrected chi connectivity index (χ0v) is 8.20. The van der Waals surface area contributed by atoms with E-state index in [1.54, 1.807) is 6.07 Å². The summed E-state index contributed by atoms with van der Waals surface area (Å²) in [4.78, 5) is 22.7. The third-order valence-corrected chi connectivity index (χ3v) is 2.93. The Bertz CT molecular complexity index is 759. The smallest absolute Gasteiger partial charge is 0.234 e. The molecule has 72 valence electrons. The first kappa shape index (κ1) is 8.36. The van der Waals surface area contributed by atoms with Gasteiger partial charge in [0.25, 0.3) is 0 Å². The number of benzene rings is 2. The van der Waals surface area contributed by atoms with Gasteiger partial charge in [-0.3, -0.25) is 9.59 Å². The molecule has 0 atom stereocenters. The summed E-state index contributed by atoms with van der Waals surface area (Å²) in [5, 5.41) is 3.13. The average Bonchev–Trinajstić information content (AvgIpc) is 2.27. The van der Waals surface area contributed by atoms with E-state index >= 15 is 0 Å². The Morgan fingerprint density at radius 1 is 0.867 bits per heavy atom. The van der Waals surface area contributed by atoms with E-state index in [0.29, 0.717) is 10.8 Å². The Labute approximate surface area is 85.5 Å². The first-order chi connectivity index (χ1) is 7.20. The van der Waals surface area contributed by atoms with E-state index in [1.165, 1.54) is 0 Å². The van der Waals surface area contributed by atoms with Crippen LogP contribution in [0.4, 0.5) is 0 Å². The fraction of sp³-hybridized carbons (Fsp3) is 0.0769. The van der Waals surface area contributed by atoms with Crippen LogP contribution in [0.1, 0.15) is 5.56 Å². The van der Waals surface area contributed by atoms with Crippen LogP contribution in [0, 0.1) is 6.92 Å². The summed E-state index contributed by atoms with van der Waals surface area (Å²) in [5.74, 6) is 0. The van der Waals surface area contributed by atoms with Crippen molar-refractivity contribution < 1.29 is 0 Å². The van der Waals surface area contributed by atoms with Gasteiger partial charge in [-0.15, -0.1) is 0 Å². The van der Waals surface area contributed by atoms with Gasteiger partial charge in [-0.1, -0.05) is 24.3 Å². The molecule has 0 unspecified atom stereocenters. The van der Waals surface area contributed by atoms with E-state index in [1.807, 2.05) is 31.2 Å². The van der Waals surface area contributed by atoms with Gasteiger partial charge >= 0.3 is 0 Å². The lowest BCUT2D eigenvalue weighted by Crippen LogP contribution is -2.30. The standard InChI is InChI=1S/C13H8O2/c1-7-3-2-4-8-5-6-9-11(10(7)8)13(15)12(9)14/h2-6H,1H3. The van der Waals surface area contributed by atoms with Crippen LogP contribution in [0.15, 0.2) is 39.9 Å². The van der Waals surface area contributed by atoms with Gasteiger partial charge in [0.2, 0.25) is 10.9 Å². The molecule has 3 aromatic rings. The quantitative estimate of drug-likeness (QED) is 0.514. The van der Waals surface area contributed by atoms with Gasteiger partial charge in [0, 0.05) is 10.8 Å². The lowest BCUT2D eigenvalue weighted by atomic mass is 9.95. The molecule has 0 saturated heterocycles. The Hall–Kier alpha value is -1.96. The molecule has 0 N–H and O–H groups in total. The van der Waals surface area contributed by atoms with Gasteiger partial charge in [-0.25, -0.2) is 0 Å². The van der Waals surface area contributed by atoms with Gasteiger partial charge in [0.1, 0.15) is 0 Å². The predicted molar refractivity (Wildman–Crippen MR) is 61.1 cm³/mol. The molecule has 2 heteroatoms. The largest absolute Gasteiger partial charge is 0.285 e. The fourth-order valence-electron chi connectivity index (χ4n) is 2.16. The van der Waals surface area contributed by atoms with Crippen LogP contribution in [0.2, 0.25) is 0 Å². The molecule has 0 aromatic heterocycles. The van der Waals surface area contributed by atoms with Crippen LogP contribution in [0.3, 0.4) is 0 Å². The van der Waals surface area contributed by atoms with Gasteiger partial charge < -0.3 is 0 Å². The summed E-state index contributed by atoms with van der Waals surface area (Å²) in [6.07, 6.45) is 0. The molecular weight excluding hydrogens is 188 g/mol. The van der Waals surface area contributed by atoms with Gasteiger partial charge in [0.05, 0.1) is 0 Å². The molecule has 2 nitrogen and oxygen atoms in total. The molecule has 0 heterocycles. The predicted octanol–water partition coefficient (Wildman–Crippen LogP) is 1.90. The van der Waals surface area contributed by atoms with Crippen molar-refractivity contribution in [2.75, 3.05) is 0 Å². The minimum atomic E-state index is -0.352. The molecule has 0 amide bonds. The summed E-state index contributed by atoms with van der Waals surface area (Å²) in [5.41, 5.74) is 0.352. The third kappa shape index (κ3) is 0.885. The van der Waals surface area contributed by atoms with E-state index in [2.05, 4.69) is 0 Å². The van der Waals surface area contributed by atoms with Gasteiger partial charge in [-0.05, 0) is 29.3 Å². The van der Waals surface area contributed by atoms with Crippen LogP contribution in [0.5, 0.6) is 0 Å². The van der Waals surface area contributed by atoms with Gasteiger partial charge in [0.15, 0.2) is 0 Å². The van der Waals surface area contributed by atoms with Crippen LogP contribution >= 0.6 is 0 Å². The summed E-state index contributed by atoms with van der Waals surface area (Å²) in [6.45, 7) is 1.96. The Balaban J connectivity index is 2.72. The molecule has 3 aromatic carbocycles. The average molecular weight is 196 g/mol. The monoisotopic (exact) mass is 196 g/mol. The minimum Gasteiger partial charge on any atom is -0.285 e. The van der Waals surface area contributed by atoms with Crippen molar-refractivity contribution in [3.8, 4) is 0 Å². The second kappa shape index (κ2) is 2.54. The summed E-state index contributed by atoms with van der Waals surface area (Å²) >= 11 is 0. The normalized spacial score (nSPS) is 11.5. The van der Waals surface area contributed by atoms with E-state index in [9.17, 15) is 9.59 Å². The molecule has 15 heavy (non-hydrogen) atoms. The van der Waals surface area contributed by atoms with E-state index < -0.39 is 0 Å². The van der Waals surface area contributed by atoms with E-state index in [0.717, 1.165) is 16.3 Å².